The summed E-state index contributed by atoms with van der Waals surface area (Å²) in [5, 5.41) is 10.0. The molecule has 0 atom stereocenters. The fraction of sp³-hybridized carbons (Fsp3) is 0.0244. The van der Waals surface area contributed by atoms with Gasteiger partial charge in [0.2, 0.25) is 0 Å². The van der Waals surface area contributed by atoms with Crippen LogP contribution in [-0.4, -0.2) is 7.05 Å². The molecular formula is C41H29BrN2. The summed E-state index contributed by atoms with van der Waals surface area (Å²) in [5.41, 5.74) is 5.69. The lowest BCUT2D eigenvalue weighted by Gasteiger charge is -2.28. The van der Waals surface area contributed by atoms with Crippen molar-refractivity contribution in [1.29, 1.82) is 0 Å². The molecule has 0 aliphatic rings. The van der Waals surface area contributed by atoms with Crippen molar-refractivity contribution in [2.45, 2.75) is 0 Å². The van der Waals surface area contributed by atoms with E-state index in [1.165, 1.54) is 48.8 Å². The number of nitrogens with zero attached hydrogens (tertiary/aromatic N) is 2. The van der Waals surface area contributed by atoms with E-state index in [-0.39, 0.29) is 0 Å². The van der Waals surface area contributed by atoms with Gasteiger partial charge in [0.05, 0.1) is 5.69 Å². The molecule has 0 saturated heterocycles. The number of benzene rings is 8. The van der Waals surface area contributed by atoms with Gasteiger partial charge in [-0.05, 0) is 93.0 Å². The van der Waals surface area contributed by atoms with E-state index in [1.807, 2.05) is 0 Å². The van der Waals surface area contributed by atoms with Crippen LogP contribution in [0.1, 0.15) is 0 Å². The number of hydrogen-bond acceptors (Lipinski definition) is 2. The molecule has 8 aromatic carbocycles. The number of rotatable bonds is 5. The quantitative estimate of drug-likeness (QED) is 0.175. The molecule has 0 amide bonds. The average molecular weight is 630 g/mol. The Bertz CT molecular complexity index is 2310. The van der Waals surface area contributed by atoms with Gasteiger partial charge in [0.15, 0.2) is 0 Å². The molecule has 0 aliphatic carbocycles. The summed E-state index contributed by atoms with van der Waals surface area (Å²) in [6.45, 7) is 0. The molecule has 0 radical (unpaired) electrons. The lowest BCUT2D eigenvalue weighted by Crippen LogP contribution is -2.12. The first kappa shape index (κ1) is 26.5. The fourth-order valence-electron chi connectivity index (χ4n) is 6.51. The number of hydrogen-bond donors (Lipinski definition) is 0. The zero-order valence-corrected chi connectivity index (χ0v) is 25.9. The van der Waals surface area contributed by atoms with Gasteiger partial charge >= 0.3 is 0 Å². The number of halogens is 1. The molecule has 0 unspecified atom stereocenters. The zero-order valence-electron chi connectivity index (χ0n) is 24.3. The summed E-state index contributed by atoms with van der Waals surface area (Å²) in [6, 6.07) is 56.9. The van der Waals surface area contributed by atoms with Gasteiger partial charge in [0.25, 0.3) is 0 Å². The van der Waals surface area contributed by atoms with Gasteiger partial charge in [-0.2, -0.15) is 0 Å². The van der Waals surface area contributed by atoms with Gasteiger partial charge in [0.1, 0.15) is 0 Å². The molecule has 0 spiro atoms. The first-order valence-corrected chi connectivity index (χ1v) is 15.7. The highest BCUT2D eigenvalue weighted by molar-refractivity contribution is 9.10. The van der Waals surface area contributed by atoms with E-state index in [1.54, 1.807) is 0 Å². The second-order valence-electron chi connectivity index (χ2n) is 11.2. The van der Waals surface area contributed by atoms with Gasteiger partial charge in [0, 0.05) is 45.0 Å². The second kappa shape index (κ2) is 10.9. The molecule has 2 nitrogen and oxygen atoms in total. The van der Waals surface area contributed by atoms with E-state index in [4.69, 9.17) is 0 Å². The lowest BCUT2D eigenvalue weighted by molar-refractivity contribution is 1.22. The van der Waals surface area contributed by atoms with Gasteiger partial charge < -0.3 is 9.80 Å². The van der Waals surface area contributed by atoms with E-state index in [0.29, 0.717) is 0 Å². The van der Waals surface area contributed by atoms with E-state index in [2.05, 4.69) is 191 Å². The minimum Gasteiger partial charge on any atom is -0.344 e. The summed E-state index contributed by atoms with van der Waals surface area (Å²) >= 11 is 3.64. The van der Waals surface area contributed by atoms with Crippen LogP contribution in [-0.2, 0) is 0 Å². The van der Waals surface area contributed by atoms with Crippen molar-refractivity contribution in [3.05, 3.63) is 162 Å². The molecule has 0 bridgehead atoms. The summed E-state index contributed by atoms with van der Waals surface area (Å²) in [4.78, 5) is 4.67. The lowest BCUT2D eigenvalue weighted by atomic mass is 9.99. The van der Waals surface area contributed by atoms with Crippen molar-refractivity contribution in [3.8, 4) is 0 Å². The maximum atomic E-state index is 3.64. The summed E-state index contributed by atoms with van der Waals surface area (Å²) in [7, 11) is 2.16. The third kappa shape index (κ3) is 4.49. The Morgan fingerprint density at radius 1 is 0.386 bits per heavy atom. The highest BCUT2D eigenvalue weighted by atomic mass is 79.9. The van der Waals surface area contributed by atoms with Gasteiger partial charge in [-0.1, -0.05) is 113 Å². The van der Waals surface area contributed by atoms with Crippen molar-refractivity contribution in [1.82, 2.24) is 0 Å². The van der Waals surface area contributed by atoms with Crippen LogP contribution in [0.3, 0.4) is 0 Å². The Hall–Kier alpha value is -5.12. The second-order valence-corrected chi connectivity index (χ2v) is 12.1. The van der Waals surface area contributed by atoms with Crippen LogP contribution in [0.4, 0.5) is 28.4 Å². The third-order valence-electron chi connectivity index (χ3n) is 8.67. The molecule has 0 heterocycles. The van der Waals surface area contributed by atoms with Crippen LogP contribution in [0.2, 0.25) is 0 Å². The van der Waals surface area contributed by atoms with Crippen molar-refractivity contribution in [2.75, 3.05) is 16.8 Å². The average Bonchev–Trinajstić information content (AvgIpc) is 3.09. The Morgan fingerprint density at radius 3 is 1.32 bits per heavy atom. The largest absolute Gasteiger partial charge is 0.344 e. The first-order valence-electron chi connectivity index (χ1n) is 14.9. The Balaban J connectivity index is 1.27. The van der Waals surface area contributed by atoms with Crippen LogP contribution >= 0.6 is 15.9 Å². The Kier molecular flexibility index (Phi) is 6.54. The molecule has 0 saturated carbocycles. The van der Waals surface area contributed by atoms with Crippen LogP contribution < -0.4 is 9.80 Å². The third-order valence-corrected chi connectivity index (χ3v) is 9.20. The SMILES string of the molecule is CN(c1ccc(N(c2ccc(Br)cc2)c2cc3ccccc3c3ccccc23)cc1)c1cc2ccccc2c2ccccc12. The predicted octanol–water partition coefficient (Wildman–Crippen LogP) is 12.3. The van der Waals surface area contributed by atoms with E-state index < -0.39 is 0 Å². The maximum absolute atomic E-state index is 3.64. The molecule has 0 fully saturated rings. The summed E-state index contributed by atoms with van der Waals surface area (Å²) in [6.07, 6.45) is 0. The van der Waals surface area contributed by atoms with Gasteiger partial charge in [-0.3, -0.25) is 0 Å². The molecule has 0 N–H and O–H groups in total. The summed E-state index contributed by atoms with van der Waals surface area (Å²) in [5.74, 6) is 0. The fourth-order valence-corrected chi connectivity index (χ4v) is 6.78. The molecule has 44 heavy (non-hydrogen) atoms. The highest BCUT2D eigenvalue weighted by Crippen LogP contribution is 2.43. The van der Waals surface area contributed by atoms with Gasteiger partial charge in [-0.25, -0.2) is 0 Å². The van der Waals surface area contributed by atoms with Crippen LogP contribution in [0, 0.1) is 0 Å². The van der Waals surface area contributed by atoms with E-state index in [9.17, 15) is 0 Å². The van der Waals surface area contributed by atoms with Crippen molar-refractivity contribution < 1.29 is 0 Å². The first-order chi connectivity index (χ1) is 21.7. The van der Waals surface area contributed by atoms with Crippen molar-refractivity contribution in [2.24, 2.45) is 0 Å². The number of fused-ring (bicyclic) bond motifs is 6. The standard InChI is InChI=1S/C41H29BrN2/c1-43(40-26-28-10-2-4-12-34(28)36-14-6-8-16-38(36)40)31-22-24-33(25-23-31)44(32-20-18-30(42)19-21-32)41-27-29-11-3-5-13-35(29)37-15-7-9-17-39(37)41/h2-27H,1H3. The van der Waals surface area contributed by atoms with Gasteiger partial charge in [-0.15, -0.1) is 0 Å². The maximum Gasteiger partial charge on any atom is 0.0546 e. The van der Waals surface area contributed by atoms with Crippen LogP contribution in [0.25, 0.3) is 43.1 Å². The number of anilines is 5. The minimum absolute atomic E-state index is 1.06. The molecule has 8 rings (SSSR count). The molecule has 3 heteroatoms. The van der Waals surface area contributed by atoms with Crippen molar-refractivity contribution >= 4 is 87.5 Å². The topological polar surface area (TPSA) is 6.48 Å². The summed E-state index contributed by atoms with van der Waals surface area (Å²) < 4.78 is 1.06. The smallest absolute Gasteiger partial charge is 0.0546 e. The molecule has 210 valence electrons. The minimum atomic E-state index is 1.06. The van der Waals surface area contributed by atoms with Crippen molar-refractivity contribution in [3.63, 3.8) is 0 Å². The van der Waals surface area contributed by atoms with Crippen LogP contribution in [0.15, 0.2) is 162 Å². The highest BCUT2D eigenvalue weighted by Gasteiger charge is 2.18. The predicted molar refractivity (Wildman–Crippen MR) is 193 cm³/mol. The molecule has 0 aromatic heterocycles. The monoisotopic (exact) mass is 628 g/mol. The van der Waals surface area contributed by atoms with E-state index >= 15 is 0 Å². The van der Waals surface area contributed by atoms with E-state index in [0.717, 1.165) is 27.2 Å². The normalized spacial score (nSPS) is 11.4. The Morgan fingerprint density at radius 2 is 0.773 bits per heavy atom. The molecule has 8 aromatic rings. The zero-order chi connectivity index (χ0) is 29.6. The molecule has 0 aliphatic heterocycles. The van der Waals surface area contributed by atoms with Crippen LogP contribution in [0.5, 0.6) is 0 Å². The molecular weight excluding hydrogens is 600 g/mol. The Labute approximate surface area is 265 Å².